The first-order chi connectivity index (χ1) is 6.25. The molecule has 0 unspecified atom stereocenters. The molecule has 0 fully saturated rings. The van der Waals surface area contributed by atoms with E-state index in [4.69, 9.17) is 5.73 Å². The highest BCUT2D eigenvalue weighted by Gasteiger charge is 1.97. The smallest absolute Gasteiger partial charge is 0.0858 e. The van der Waals surface area contributed by atoms with E-state index in [2.05, 4.69) is 27.0 Å². The van der Waals surface area contributed by atoms with Crippen LogP contribution >= 0.6 is 15.9 Å². The van der Waals surface area contributed by atoms with Crippen LogP contribution in [0.2, 0.25) is 0 Å². The average Bonchev–Trinajstić information content (AvgIpc) is 2.13. The lowest BCUT2D eigenvalue weighted by atomic mass is 10.2. The number of alkyl halides is 1. The fourth-order valence-electron chi connectivity index (χ4n) is 0.981. The molecule has 2 N–H and O–H groups in total. The minimum absolute atomic E-state index is 0.772. The van der Waals surface area contributed by atoms with Gasteiger partial charge >= 0.3 is 0 Å². The van der Waals surface area contributed by atoms with Gasteiger partial charge in [-0.05, 0) is 31.1 Å². The van der Waals surface area contributed by atoms with Gasteiger partial charge in [-0.3, -0.25) is 4.98 Å². The zero-order valence-corrected chi connectivity index (χ0v) is 9.21. The first kappa shape index (κ1) is 10.3. The Kier molecular flexibility index (Phi) is 3.96. The van der Waals surface area contributed by atoms with Crippen LogP contribution in [0.1, 0.15) is 17.7 Å². The molecule has 1 aromatic rings. The van der Waals surface area contributed by atoms with E-state index in [1.165, 1.54) is 0 Å². The van der Waals surface area contributed by atoms with Crippen LogP contribution in [-0.2, 0) is 0 Å². The minimum Gasteiger partial charge on any atom is -0.397 e. The third-order valence-electron chi connectivity index (χ3n) is 1.79. The molecule has 0 aliphatic carbocycles. The number of aromatic nitrogens is 1. The van der Waals surface area contributed by atoms with Crippen molar-refractivity contribution in [2.75, 3.05) is 11.1 Å². The molecule has 0 aromatic carbocycles. The van der Waals surface area contributed by atoms with Gasteiger partial charge in [0.25, 0.3) is 0 Å². The van der Waals surface area contributed by atoms with Crippen molar-refractivity contribution in [3.63, 3.8) is 0 Å². The zero-order valence-electron chi connectivity index (χ0n) is 7.63. The van der Waals surface area contributed by atoms with Gasteiger partial charge in [-0.15, -0.1) is 0 Å². The molecule has 0 saturated carbocycles. The second-order valence-electron chi connectivity index (χ2n) is 2.81. The Morgan fingerprint density at radius 2 is 2.38 bits per heavy atom. The quantitative estimate of drug-likeness (QED) is 0.826. The molecule has 1 heterocycles. The molecule has 13 heavy (non-hydrogen) atoms. The summed E-state index contributed by atoms with van der Waals surface area (Å²) in [5.41, 5.74) is 8.55. The van der Waals surface area contributed by atoms with Gasteiger partial charge in [0, 0.05) is 11.5 Å². The third kappa shape index (κ3) is 2.84. The molecule has 1 aromatic heterocycles. The SMILES string of the molecule is Cc1ccnc(C=CCCBr)c1N. The number of allylic oxidation sites excluding steroid dienone is 1. The van der Waals surface area contributed by atoms with Crippen LogP contribution in [0.4, 0.5) is 5.69 Å². The van der Waals surface area contributed by atoms with Gasteiger partial charge in [-0.25, -0.2) is 0 Å². The Balaban J connectivity index is 2.83. The summed E-state index contributed by atoms with van der Waals surface area (Å²) in [5, 5.41) is 0.967. The Hall–Kier alpha value is -0.830. The lowest BCUT2D eigenvalue weighted by molar-refractivity contribution is 1.24. The van der Waals surface area contributed by atoms with E-state index in [1.54, 1.807) is 6.20 Å². The van der Waals surface area contributed by atoms with Crippen LogP contribution in [0.15, 0.2) is 18.3 Å². The Labute approximate surface area is 87.0 Å². The highest BCUT2D eigenvalue weighted by Crippen LogP contribution is 2.15. The van der Waals surface area contributed by atoms with Gasteiger partial charge in [0.15, 0.2) is 0 Å². The molecule has 0 atom stereocenters. The number of nitrogen functional groups attached to an aromatic ring is 1. The molecular weight excluding hydrogens is 228 g/mol. The van der Waals surface area contributed by atoms with Crippen LogP contribution in [-0.4, -0.2) is 10.3 Å². The predicted octanol–water partition coefficient (Wildman–Crippen LogP) is 2.77. The van der Waals surface area contributed by atoms with Crippen LogP contribution in [0.5, 0.6) is 0 Å². The summed E-state index contributed by atoms with van der Waals surface area (Å²) in [4.78, 5) is 4.18. The lowest BCUT2D eigenvalue weighted by Crippen LogP contribution is -1.95. The molecular formula is C10H13BrN2. The van der Waals surface area contributed by atoms with Gasteiger partial charge in [0.2, 0.25) is 0 Å². The number of hydrogen-bond donors (Lipinski definition) is 1. The van der Waals surface area contributed by atoms with Crippen molar-refractivity contribution in [3.8, 4) is 0 Å². The Morgan fingerprint density at radius 1 is 1.62 bits per heavy atom. The topological polar surface area (TPSA) is 38.9 Å². The van der Waals surface area contributed by atoms with Gasteiger partial charge in [0.05, 0.1) is 11.4 Å². The van der Waals surface area contributed by atoms with Gasteiger partial charge < -0.3 is 5.73 Å². The number of hydrogen-bond acceptors (Lipinski definition) is 2. The van der Waals surface area contributed by atoms with Crippen molar-refractivity contribution in [1.29, 1.82) is 0 Å². The lowest BCUT2D eigenvalue weighted by Gasteiger charge is -2.01. The molecule has 0 bridgehead atoms. The summed E-state index contributed by atoms with van der Waals surface area (Å²) in [6.45, 7) is 1.98. The Morgan fingerprint density at radius 3 is 3.08 bits per heavy atom. The first-order valence-corrected chi connectivity index (χ1v) is 5.31. The maximum absolute atomic E-state index is 5.84. The third-order valence-corrected chi connectivity index (χ3v) is 2.25. The van der Waals surface area contributed by atoms with Crippen molar-refractivity contribution in [2.45, 2.75) is 13.3 Å². The number of pyridine rings is 1. The van der Waals surface area contributed by atoms with E-state index in [-0.39, 0.29) is 0 Å². The number of aryl methyl sites for hydroxylation is 1. The summed E-state index contributed by atoms with van der Waals surface area (Å²) < 4.78 is 0. The van der Waals surface area contributed by atoms with E-state index in [1.807, 2.05) is 19.1 Å². The number of nitrogens with two attached hydrogens (primary N) is 1. The Bertz CT molecular complexity index is 308. The standard InChI is InChI=1S/C10H13BrN2/c1-8-5-7-13-9(10(8)12)4-2-3-6-11/h2,4-5,7H,3,6,12H2,1H3. The molecule has 1 rings (SSSR count). The molecule has 0 aliphatic rings. The summed E-state index contributed by atoms with van der Waals surface area (Å²) in [6, 6.07) is 1.91. The molecule has 0 radical (unpaired) electrons. The number of anilines is 1. The number of nitrogens with zero attached hydrogens (tertiary/aromatic N) is 1. The highest BCUT2D eigenvalue weighted by molar-refractivity contribution is 9.09. The van der Waals surface area contributed by atoms with Crippen LogP contribution in [0.3, 0.4) is 0 Å². The monoisotopic (exact) mass is 240 g/mol. The molecule has 0 amide bonds. The van der Waals surface area contributed by atoms with Crippen molar-refractivity contribution >= 4 is 27.7 Å². The van der Waals surface area contributed by atoms with Crippen LogP contribution in [0.25, 0.3) is 6.08 Å². The number of halogens is 1. The van der Waals surface area contributed by atoms with Crippen molar-refractivity contribution in [3.05, 3.63) is 29.6 Å². The van der Waals surface area contributed by atoms with Crippen molar-refractivity contribution in [2.24, 2.45) is 0 Å². The largest absolute Gasteiger partial charge is 0.397 e. The molecule has 2 nitrogen and oxygen atoms in total. The summed E-state index contributed by atoms with van der Waals surface area (Å²) in [5.74, 6) is 0. The fraction of sp³-hybridized carbons (Fsp3) is 0.300. The maximum Gasteiger partial charge on any atom is 0.0858 e. The summed E-state index contributed by atoms with van der Waals surface area (Å²) >= 11 is 3.35. The van der Waals surface area contributed by atoms with E-state index >= 15 is 0 Å². The second-order valence-corrected chi connectivity index (χ2v) is 3.60. The first-order valence-electron chi connectivity index (χ1n) is 4.19. The van der Waals surface area contributed by atoms with E-state index < -0.39 is 0 Å². The van der Waals surface area contributed by atoms with Crippen molar-refractivity contribution in [1.82, 2.24) is 4.98 Å². The van der Waals surface area contributed by atoms with Crippen LogP contribution in [0, 0.1) is 6.92 Å². The van der Waals surface area contributed by atoms with Crippen LogP contribution < -0.4 is 5.73 Å². The van der Waals surface area contributed by atoms with E-state index in [9.17, 15) is 0 Å². The molecule has 70 valence electrons. The zero-order chi connectivity index (χ0) is 9.68. The van der Waals surface area contributed by atoms with Gasteiger partial charge in [-0.2, -0.15) is 0 Å². The normalized spacial score (nSPS) is 10.9. The van der Waals surface area contributed by atoms with Crippen molar-refractivity contribution < 1.29 is 0 Å². The molecule has 0 spiro atoms. The van der Waals surface area contributed by atoms with E-state index in [0.717, 1.165) is 28.7 Å². The van der Waals surface area contributed by atoms with E-state index in [0.29, 0.717) is 0 Å². The fourth-order valence-corrected chi connectivity index (χ4v) is 1.25. The summed E-state index contributed by atoms with van der Waals surface area (Å²) in [6.07, 6.45) is 6.80. The molecule has 0 saturated heterocycles. The predicted molar refractivity (Wildman–Crippen MR) is 60.8 cm³/mol. The van der Waals surface area contributed by atoms with Gasteiger partial charge in [0.1, 0.15) is 0 Å². The highest BCUT2D eigenvalue weighted by atomic mass is 79.9. The molecule has 3 heteroatoms. The average molecular weight is 241 g/mol. The minimum atomic E-state index is 0.772. The van der Waals surface area contributed by atoms with Gasteiger partial charge in [-0.1, -0.05) is 22.0 Å². The number of rotatable bonds is 3. The molecule has 0 aliphatic heterocycles. The maximum atomic E-state index is 5.84. The second kappa shape index (κ2) is 5.02. The summed E-state index contributed by atoms with van der Waals surface area (Å²) in [7, 11) is 0.